The first kappa shape index (κ1) is 28.3. The summed E-state index contributed by atoms with van der Waals surface area (Å²) in [6.07, 6.45) is 0. The van der Waals surface area contributed by atoms with E-state index in [1.165, 1.54) is 47.8 Å². The van der Waals surface area contributed by atoms with Gasteiger partial charge in [0.1, 0.15) is 33.3 Å². The van der Waals surface area contributed by atoms with Crippen LogP contribution in [0.4, 0.5) is 4.39 Å². The number of halogens is 1. The average molecular weight is 551 g/mol. The number of amides is 3. The maximum atomic E-state index is 15.6. The summed E-state index contributed by atoms with van der Waals surface area (Å²) >= 11 is 0. The molecule has 208 valence electrons. The SMILES string of the molecule is BC(O)(Oc1cccc2c1CN(C1C(=O)NC(=O)C(O)(O)C1(B)B)C2=O)c1cccc(CN2CCOCC2)c1F. The van der Waals surface area contributed by atoms with Crippen molar-refractivity contribution in [2.45, 2.75) is 35.8 Å². The van der Waals surface area contributed by atoms with Crippen molar-refractivity contribution < 1.29 is 43.6 Å². The molecule has 0 bridgehead atoms. The number of nitrogens with zero attached hydrogens (tertiary/aromatic N) is 2. The number of carbonyl (C=O) groups is 3. The van der Waals surface area contributed by atoms with Gasteiger partial charge in [0, 0.05) is 47.1 Å². The van der Waals surface area contributed by atoms with E-state index in [1.807, 2.05) is 5.32 Å². The minimum atomic E-state index is -2.92. The van der Waals surface area contributed by atoms with Gasteiger partial charge in [-0.05, 0) is 12.1 Å². The first-order chi connectivity index (χ1) is 18.8. The number of rotatable bonds is 6. The summed E-state index contributed by atoms with van der Waals surface area (Å²) in [5.41, 5.74) is -1.35. The number of imide groups is 1. The van der Waals surface area contributed by atoms with E-state index < -0.39 is 46.3 Å². The topological polar surface area (TPSA) is 149 Å². The second-order valence-electron chi connectivity index (χ2n) is 11.1. The summed E-state index contributed by atoms with van der Waals surface area (Å²) in [7, 11) is 3.91. The highest BCUT2D eigenvalue weighted by atomic mass is 19.1. The third-order valence-corrected chi connectivity index (χ3v) is 8.03. The molecule has 11 nitrogen and oxygen atoms in total. The van der Waals surface area contributed by atoms with E-state index >= 15 is 4.39 Å². The fraction of sp³-hybridized carbons (Fsp3) is 0.400. The highest BCUT2D eigenvalue weighted by Crippen LogP contribution is 2.44. The Balaban J connectivity index is 1.42. The zero-order chi connectivity index (χ0) is 29.0. The highest BCUT2D eigenvalue weighted by Gasteiger charge is 2.62. The average Bonchev–Trinajstić information content (AvgIpc) is 3.21. The molecule has 2 saturated heterocycles. The Morgan fingerprint density at radius 2 is 1.80 bits per heavy atom. The van der Waals surface area contributed by atoms with Crippen LogP contribution in [0.25, 0.3) is 0 Å². The lowest BCUT2D eigenvalue weighted by molar-refractivity contribution is -0.204. The molecule has 2 aromatic carbocycles. The van der Waals surface area contributed by atoms with E-state index in [4.69, 9.17) is 9.47 Å². The predicted molar refractivity (Wildman–Crippen MR) is 146 cm³/mol. The summed E-state index contributed by atoms with van der Waals surface area (Å²) < 4.78 is 26.9. The first-order valence-electron chi connectivity index (χ1n) is 13.0. The molecule has 15 heteroatoms. The number of fused-ring (bicyclic) bond motifs is 1. The summed E-state index contributed by atoms with van der Waals surface area (Å²) in [6, 6.07) is 7.83. The largest absolute Gasteiger partial charge is 0.467 e. The second kappa shape index (κ2) is 10.00. The molecule has 2 fully saturated rings. The van der Waals surface area contributed by atoms with Crippen molar-refractivity contribution in [1.82, 2.24) is 15.1 Å². The quantitative estimate of drug-likeness (QED) is 0.163. The van der Waals surface area contributed by atoms with Crippen LogP contribution in [-0.4, -0.2) is 105 Å². The molecule has 4 N–H and O–H groups in total. The van der Waals surface area contributed by atoms with Crippen molar-refractivity contribution in [2.24, 2.45) is 0 Å². The Morgan fingerprint density at radius 3 is 2.50 bits per heavy atom. The van der Waals surface area contributed by atoms with Gasteiger partial charge >= 0.3 is 0 Å². The van der Waals surface area contributed by atoms with Gasteiger partial charge in [-0.2, -0.15) is 0 Å². The molecule has 0 aromatic heterocycles. The van der Waals surface area contributed by atoms with Crippen LogP contribution in [-0.2, 0) is 33.1 Å². The zero-order valence-corrected chi connectivity index (χ0v) is 22.4. The van der Waals surface area contributed by atoms with E-state index in [-0.39, 0.29) is 23.4 Å². The Morgan fingerprint density at radius 1 is 1.12 bits per heavy atom. The third-order valence-electron chi connectivity index (χ3n) is 8.03. The molecule has 0 spiro atoms. The Labute approximate surface area is 232 Å². The summed E-state index contributed by atoms with van der Waals surface area (Å²) in [5.74, 6) is -6.19. The molecule has 2 atom stereocenters. The van der Waals surface area contributed by atoms with Crippen LogP contribution in [0.2, 0.25) is 5.21 Å². The molecule has 2 aromatic rings. The molecule has 2 unspecified atom stereocenters. The van der Waals surface area contributed by atoms with E-state index in [9.17, 15) is 29.7 Å². The van der Waals surface area contributed by atoms with Gasteiger partial charge < -0.3 is 29.7 Å². The van der Waals surface area contributed by atoms with Crippen molar-refractivity contribution in [2.75, 3.05) is 26.3 Å². The van der Waals surface area contributed by atoms with Crippen LogP contribution in [0, 0.1) is 5.82 Å². The monoisotopic (exact) mass is 551 g/mol. The van der Waals surface area contributed by atoms with Gasteiger partial charge in [-0.1, -0.05) is 24.3 Å². The first-order valence-corrected chi connectivity index (χ1v) is 13.0. The van der Waals surface area contributed by atoms with Gasteiger partial charge in [0.05, 0.1) is 19.8 Å². The molecular weight excluding hydrogens is 522 g/mol. The molecule has 3 heterocycles. The van der Waals surface area contributed by atoms with Crippen molar-refractivity contribution in [3.05, 3.63) is 64.5 Å². The van der Waals surface area contributed by atoms with Gasteiger partial charge in [-0.15, -0.1) is 0 Å². The predicted octanol–water partition coefficient (Wildman–Crippen LogP) is -3.48. The van der Waals surface area contributed by atoms with Gasteiger partial charge in [0.25, 0.3) is 11.8 Å². The summed E-state index contributed by atoms with van der Waals surface area (Å²) in [5, 5.41) is 32.4. The number of hydrogen-bond donors (Lipinski definition) is 4. The number of carbonyl (C=O) groups excluding carboxylic acids is 3. The number of benzene rings is 2. The lowest BCUT2D eigenvalue weighted by Gasteiger charge is -2.48. The number of hydrogen-bond acceptors (Lipinski definition) is 9. The number of ether oxygens (including phenoxy) is 2. The maximum absolute atomic E-state index is 15.6. The van der Waals surface area contributed by atoms with E-state index in [1.54, 1.807) is 12.1 Å². The van der Waals surface area contributed by atoms with Crippen LogP contribution in [0.15, 0.2) is 36.4 Å². The number of aliphatic hydroxyl groups is 3. The summed E-state index contributed by atoms with van der Waals surface area (Å²) in [4.78, 5) is 41.5. The van der Waals surface area contributed by atoms with Crippen molar-refractivity contribution in [3.8, 4) is 5.75 Å². The Kier molecular flexibility index (Phi) is 7.08. The maximum Gasteiger partial charge on any atom is 0.285 e. The van der Waals surface area contributed by atoms with Crippen LogP contribution >= 0.6 is 0 Å². The molecule has 3 amide bonds. The molecule has 0 aliphatic carbocycles. The number of morpholine rings is 1. The van der Waals surface area contributed by atoms with Gasteiger partial charge in [-0.25, -0.2) is 4.39 Å². The van der Waals surface area contributed by atoms with Crippen molar-refractivity contribution >= 4 is 41.3 Å². The molecular formula is C25H29B3FN3O8. The standard InChI is InChI=1S/C25H29B3FN3O8/c26-23(27)19(20(33)30-22(35)24(23,36)37)32-12-15-14(21(32)34)4-2-6-17(15)40-25(28,38)16-5-1-3-13(18(16)29)11-31-7-9-39-10-8-31/h1-6,19,36-38H,7-12,26-28H2,(H,30,33,35). The van der Waals surface area contributed by atoms with Crippen molar-refractivity contribution in [3.63, 3.8) is 0 Å². The molecule has 40 heavy (non-hydrogen) atoms. The minimum Gasteiger partial charge on any atom is -0.467 e. The Bertz CT molecular complexity index is 1380. The summed E-state index contributed by atoms with van der Waals surface area (Å²) in [6.45, 7) is 2.59. The van der Waals surface area contributed by atoms with Gasteiger partial charge in [0.2, 0.25) is 19.5 Å². The molecule has 0 saturated carbocycles. The number of piperidine rings is 1. The van der Waals surface area contributed by atoms with E-state index in [2.05, 4.69) is 4.90 Å². The van der Waals surface area contributed by atoms with Gasteiger partial charge in [0.15, 0.2) is 5.69 Å². The van der Waals surface area contributed by atoms with Crippen LogP contribution in [0.1, 0.15) is 27.0 Å². The normalized spacial score (nSPS) is 23.9. The smallest absolute Gasteiger partial charge is 0.285 e. The van der Waals surface area contributed by atoms with Crippen molar-refractivity contribution in [1.29, 1.82) is 0 Å². The Hall–Kier alpha value is -3.23. The lowest BCUT2D eigenvalue weighted by atomic mass is 9.44. The highest BCUT2D eigenvalue weighted by molar-refractivity contribution is 6.45. The fourth-order valence-corrected chi connectivity index (χ4v) is 5.57. The lowest BCUT2D eigenvalue weighted by Crippen LogP contribution is -2.72. The van der Waals surface area contributed by atoms with E-state index in [0.717, 1.165) is 4.90 Å². The minimum absolute atomic E-state index is 0.0840. The van der Waals surface area contributed by atoms with Crippen LogP contribution in [0.5, 0.6) is 5.75 Å². The fourth-order valence-electron chi connectivity index (χ4n) is 5.57. The van der Waals surface area contributed by atoms with E-state index in [0.29, 0.717) is 44.0 Å². The van der Waals surface area contributed by atoms with Gasteiger partial charge in [-0.3, -0.25) is 24.6 Å². The van der Waals surface area contributed by atoms with Crippen LogP contribution in [0.3, 0.4) is 0 Å². The molecule has 3 aliphatic heterocycles. The second-order valence-corrected chi connectivity index (χ2v) is 11.1. The molecule has 3 aliphatic rings. The third kappa shape index (κ3) is 4.61. The molecule has 5 rings (SSSR count). The van der Waals surface area contributed by atoms with Crippen LogP contribution < -0.4 is 10.1 Å². The number of nitrogens with one attached hydrogen (secondary N) is 1. The zero-order valence-electron chi connectivity index (χ0n) is 22.4. The molecule has 0 radical (unpaired) electrons.